The Balaban J connectivity index is 2.01. The number of ketones is 1. The SMILES string of the molecule is CN1CCCn2nnc(C(=O)c3ccc(Cl)cc3)c21. The van der Waals surface area contributed by atoms with E-state index in [1.807, 2.05) is 11.9 Å². The van der Waals surface area contributed by atoms with Gasteiger partial charge in [0.15, 0.2) is 11.5 Å². The fourth-order valence-corrected chi connectivity index (χ4v) is 2.41. The molecule has 0 unspecified atom stereocenters. The van der Waals surface area contributed by atoms with Crippen LogP contribution in [0.1, 0.15) is 22.5 Å². The van der Waals surface area contributed by atoms with E-state index in [0.29, 0.717) is 16.3 Å². The fourth-order valence-electron chi connectivity index (χ4n) is 2.28. The molecular formula is C13H13ClN4O. The summed E-state index contributed by atoms with van der Waals surface area (Å²) in [6.07, 6.45) is 1.02. The van der Waals surface area contributed by atoms with Crippen molar-refractivity contribution in [3.8, 4) is 0 Å². The summed E-state index contributed by atoms with van der Waals surface area (Å²) >= 11 is 5.83. The van der Waals surface area contributed by atoms with E-state index >= 15 is 0 Å². The molecule has 0 saturated heterocycles. The Labute approximate surface area is 115 Å². The smallest absolute Gasteiger partial charge is 0.217 e. The fraction of sp³-hybridized carbons (Fsp3) is 0.308. The second-order valence-electron chi connectivity index (χ2n) is 4.60. The van der Waals surface area contributed by atoms with E-state index in [9.17, 15) is 4.79 Å². The minimum Gasteiger partial charge on any atom is -0.358 e. The maximum Gasteiger partial charge on any atom is 0.217 e. The predicted octanol–water partition coefficient (Wildman–Crippen LogP) is 2.00. The van der Waals surface area contributed by atoms with Crippen LogP contribution in [0, 0.1) is 0 Å². The van der Waals surface area contributed by atoms with Gasteiger partial charge in [0.25, 0.3) is 0 Å². The summed E-state index contributed by atoms with van der Waals surface area (Å²) in [5.74, 6) is 0.679. The Morgan fingerprint density at radius 3 is 2.74 bits per heavy atom. The van der Waals surface area contributed by atoms with Crippen molar-refractivity contribution in [2.24, 2.45) is 0 Å². The Morgan fingerprint density at radius 2 is 2.00 bits per heavy atom. The van der Waals surface area contributed by atoms with Crippen LogP contribution in [0.5, 0.6) is 0 Å². The number of halogens is 1. The average molecular weight is 277 g/mol. The first-order valence-electron chi connectivity index (χ1n) is 6.11. The Morgan fingerprint density at radius 1 is 1.26 bits per heavy atom. The molecule has 3 rings (SSSR count). The monoisotopic (exact) mass is 276 g/mol. The molecule has 6 heteroatoms. The van der Waals surface area contributed by atoms with Gasteiger partial charge in [0.1, 0.15) is 0 Å². The van der Waals surface area contributed by atoms with E-state index in [1.165, 1.54) is 0 Å². The van der Waals surface area contributed by atoms with Crippen molar-refractivity contribution in [2.45, 2.75) is 13.0 Å². The van der Waals surface area contributed by atoms with Crippen LogP contribution in [0.15, 0.2) is 24.3 Å². The van der Waals surface area contributed by atoms with Crippen molar-refractivity contribution in [1.29, 1.82) is 0 Å². The molecule has 2 heterocycles. The number of benzene rings is 1. The third kappa shape index (κ3) is 2.10. The lowest BCUT2D eigenvalue weighted by Gasteiger charge is -2.25. The highest BCUT2D eigenvalue weighted by Crippen LogP contribution is 2.24. The lowest BCUT2D eigenvalue weighted by molar-refractivity contribution is 0.103. The summed E-state index contributed by atoms with van der Waals surface area (Å²) in [7, 11) is 1.95. The van der Waals surface area contributed by atoms with Gasteiger partial charge < -0.3 is 4.90 Å². The van der Waals surface area contributed by atoms with E-state index in [-0.39, 0.29) is 5.78 Å². The van der Waals surface area contributed by atoms with Crippen LogP contribution >= 0.6 is 11.6 Å². The van der Waals surface area contributed by atoms with Gasteiger partial charge in [0.05, 0.1) is 0 Å². The van der Waals surface area contributed by atoms with E-state index in [1.54, 1.807) is 28.9 Å². The van der Waals surface area contributed by atoms with Crippen molar-refractivity contribution in [3.05, 3.63) is 40.5 Å². The van der Waals surface area contributed by atoms with Gasteiger partial charge in [-0.15, -0.1) is 5.10 Å². The Hall–Kier alpha value is -1.88. The Bertz CT molecular complexity index is 620. The molecule has 0 bridgehead atoms. The van der Waals surface area contributed by atoms with Gasteiger partial charge in [-0.1, -0.05) is 16.8 Å². The van der Waals surface area contributed by atoms with E-state index < -0.39 is 0 Å². The molecule has 0 amide bonds. The molecule has 0 spiro atoms. The lowest BCUT2D eigenvalue weighted by Crippen LogP contribution is -2.29. The molecule has 0 radical (unpaired) electrons. The first-order valence-corrected chi connectivity index (χ1v) is 6.49. The normalized spacial score (nSPS) is 14.3. The number of carbonyl (C=O) groups excluding carboxylic acids is 1. The molecule has 1 aliphatic heterocycles. The molecule has 0 atom stereocenters. The largest absolute Gasteiger partial charge is 0.358 e. The number of carbonyl (C=O) groups is 1. The second-order valence-corrected chi connectivity index (χ2v) is 5.03. The summed E-state index contributed by atoms with van der Waals surface area (Å²) in [5.41, 5.74) is 0.983. The third-order valence-electron chi connectivity index (χ3n) is 3.26. The van der Waals surface area contributed by atoms with Crippen molar-refractivity contribution in [3.63, 3.8) is 0 Å². The van der Waals surface area contributed by atoms with Crippen LogP contribution < -0.4 is 4.90 Å². The molecule has 1 aliphatic rings. The second kappa shape index (κ2) is 4.66. The molecule has 1 aromatic carbocycles. The number of fused-ring (bicyclic) bond motifs is 1. The first-order chi connectivity index (χ1) is 9.16. The molecule has 0 N–H and O–H groups in total. The maximum atomic E-state index is 12.5. The molecule has 0 aliphatic carbocycles. The summed E-state index contributed by atoms with van der Waals surface area (Å²) in [4.78, 5) is 14.5. The van der Waals surface area contributed by atoms with Crippen molar-refractivity contribution in [2.75, 3.05) is 18.5 Å². The van der Waals surface area contributed by atoms with Crippen LogP contribution in [0.2, 0.25) is 5.02 Å². The van der Waals surface area contributed by atoms with Gasteiger partial charge in [0.2, 0.25) is 5.78 Å². The van der Waals surface area contributed by atoms with Gasteiger partial charge in [-0.05, 0) is 30.7 Å². The summed E-state index contributed by atoms with van der Waals surface area (Å²) < 4.78 is 1.78. The minimum absolute atomic E-state index is 0.119. The number of rotatable bonds is 2. The highest BCUT2D eigenvalue weighted by atomic mass is 35.5. The van der Waals surface area contributed by atoms with Crippen LogP contribution in [0.4, 0.5) is 5.82 Å². The molecule has 0 fully saturated rings. The van der Waals surface area contributed by atoms with Gasteiger partial charge in [-0.3, -0.25) is 4.79 Å². The number of aromatic nitrogens is 3. The van der Waals surface area contributed by atoms with Crippen LogP contribution in [0.3, 0.4) is 0 Å². The van der Waals surface area contributed by atoms with Gasteiger partial charge >= 0.3 is 0 Å². The van der Waals surface area contributed by atoms with Crippen LogP contribution in [-0.4, -0.2) is 34.4 Å². The average Bonchev–Trinajstić information content (AvgIpc) is 2.84. The van der Waals surface area contributed by atoms with Crippen molar-refractivity contribution in [1.82, 2.24) is 15.0 Å². The number of hydrogen-bond acceptors (Lipinski definition) is 4. The summed E-state index contributed by atoms with van der Waals surface area (Å²) in [6.45, 7) is 1.72. The first kappa shape index (κ1) is 12.2. The third-order valence-corrected chi connectivity index (χ3v) is 3.51. The zero-order valence-electron chi connectivity index (χ0n) is 10.5. The highest BCUT2D eigenvalue weighted by Gasteiger charge is 2.25. The molecule has 2 aromatic rings. The Kier molecular flexibility index (Phi) is 2.98. The molecule has 0 saturated carbocycles. The summed E-state index contributed by atoms with van der Waals surface area (Å²) in [6, 6.07) is 6.82. The number of aryl methyl sites for hydroxylation is 1. The zero-order chi connectivity index (χ0) is 13.4. The van der Waals surface area contributed by atoms with E-state index in [4.69, 9.17) is 11.6 Å². The van der Waals surface area contributed by atoms with Crippen LogP contribution in [0.25, 0.3) is 0 Å². The number of anilines is 1. The van der Waals surface area contributed by atoms with Gasteiger partial charge in [-0.25, -0.2) is 4.68 Å². The standard InChI is InChI=1S/C13H13ClN4O/c1-17-7-2-8-18-13(17)11(15-16-18)12(19)9-3-5-10(14)6-4-9/h3-6H,2,7-8H2,1H3. The van der Waals surface area contributed by atoms with Gasteiger partial charge in [-0.2, -0.15) is 0 Å². The molecule has 5 nitrogen and oxygen atoms in total. The maximum absolute atomic E-state index is 12.5. The lowest BCUT2D eigenvalue weighted by atomic mass is 10.1. The minimum atomic E-state index is -0.119. The van der Waals surface area contributed by atoms with Crippen molar-refractivity contribution >= 4 is 23.2 Å². The van der Waals surface area contributed by atoms with E-state index in [0.717, 1.165) is 25.3 Å². The molecule has 1 aromatic heterocycles. The summed E-state index contributed by atoms with van der Waals surface area (Å²) in [5, 5.41) is 8.69. The predicted molar refractivity (Wildman–Crippen MR) is 72.8 cm³/mol. The number of nitrogens with zero attached hydrogens (tertiary/aromatic N) is 4. The van der Waals surface area contributed by atoms with Crippen molar-refractivity contribution < 1.29 is 4.79 Å². The zero-order valence-corrected chi connectivity index (χ0v) is 11.3. The van der Waals surface area contributed by atoms with Gasteiger partial charge in [0, 0.05) is 30.7 Å². The molecule has 98 valence electrons. The molecular weight excluding hydrogens is 264 g/mol. The van der Waals surface area contributed by atoms with Crippen LogP contribution in [-0.2, 0) is 6.54 Å². The highest BCUT2D eigenvalue weighted by molar-refractivity contribution is 6.30. The topological polar surface area (TPSA) is 51.0 Å². The van der Waals surface area contributed by atoms with E-state index in [2.05, 4.69) is 10.3 Å². The molecule has 19 heavy (non-hydrogen) atoms. The quantitative estimate of drug-likeness (QED) is 0.788. The number of hydrogen-bond donors (Lipinski definition) is 0.